The summed E-state index contributed by atoms with van der Waals surface area (Å²) >= 11 is 0. The Morgan fingerprint density at radius 2 is 1.89 bits per heavy atom. The van der Waals surface area contributed by atoms with E-state index in [0.29, 0.717) is 6.04 Å². The van der Waals surface area contributed by atoms with Crippen LogP contribution in [-0.4, -0.2) is 31.6 Å². The van der Waals surface area contributed by atoms with E-state index in [-0.39, 0.29) is 0 Å². The van der Waals surface area contributed by atoms with Crippen molar-refractivity contribution in [3.63, 3.8) is 0 Å². The van der Waals surface area contributed by atoms with Crippen LogP contribution in [-0.2, 0) is 6.54 Å². The summed E-state index contributed by atoms with van der Waals surface area (Å²) in [5, 5.41) is 0. The SMILES string of the molecule is COc1cc(C)c(CN(C)C(C)CCN)c(C)c1C. The third-order valence-corrected chi connectivity index (χ3v) is 4.17. The van der Waals surface area contributed by atoms with E-state index in [9.17, 15) is 0 Å². The van der Waals surface area contributed by atoms with Crippen molar-refractivity contribution in [1.82, 2.24) is 4.90 Å². The van der Waals surface area contributed by atoms with Gasteiger partial charge in [0.2, 0.25) is 0 Å². The summed E-state index contributed by atoms with van der Waals surface area (Å²) in [7, 11) is 3.90. The lowest BCUT2D eigenvalue weighted by Crippen LogP contribution is -2.31. The van der Waals surface area contributed by atoms with Gasteiger partial charge in [-0.05, 0) is 76.0 Å². The van der Waals surface area contributed by atoms with Gasteiger partial charge in [0.15, 0.2) is 0 Å². The fourth-order valence-electron chi connectivity index (χ4n) is 2.42. The highest BCUT2D eigenvalue weighted by atomic mass is 16.5. The second-order valence-electron chi connectivity index (χ2n) is 5.47. The van der Waals surface area contributed by atoms with Gasteiger partial charge in [-0.1, -0.05) is 0 Å². The first-order valence-electron chi connectivity index (χ1n) is 6.96. The van der Waals surface area contributed by atoms with Crippen LogP contribution in [0.2, 0.25) is 0 Å². The van der Waals surface area contributed by atoms with Crippen LogP contribution in [0, 0.1) is 20.8 Å². The molecule has 0 bridgehead atoms. The van der Waals surface area contributed by atoms with Crippen molar-refractivity contribution in [3.05, 3.63) is 28.3 Å². The minimum atomic E-state index is 0.506. The van der Waals surface area contributed by atoms with E-state index in [2.05, 4.69) is 45.7 Å². The lowest BCUT2D eigenvalue weighted by Gasteiger charge is -2.27. The maximum atomic E-state index is 5.64. The number of hydrogen-bond donors (Lipinski definition) is 1. The molecule has 0 spiro atoms. The Hall–Kier alpha value is -1.06. The summed E-state index contributed by atoms with van der Waals surface area (Å²) < 4.78 is 5.42. The Balaban J connectivity index is 2.99. The van der Waals surface area contributed by atoms with Crippen molar-refractivity contribution in [2.45, 2.75) is 46.7 Å². The van der Waals surface area contributed by atoms with Gasteiger partial charge >= 0.3 is 0 Å². The van der Waals surface area contributed by atoms with Crippen molar-refractivity contribution in [1.29, 1.82) is 0 Å². The standard InChI is InChI=1S/C16H28N2O/c1-11-9-16(19-6)14(4)13(3)15(11)10-18(5)12(2)7-8-17/h9,12H,7-8,10,17H2,1-6H3. The number of ether oxygens (including phenoxy) is 1. The normalized spacial score (nSPS) is 12.8. The van der Waals surface area contributed by atoms with Gasteiger partial charge in [-0.25, -0.2) is 0 Å². The highest BCUT2D eigenvalue weighted by Crippen LogP contribution is 2.28. The highest BCUT2D eigenvalue weighted by molar-refractivity contribution is 5.48. The molecule has 0 aromatic heterocycles. The van der Waals surface area contributed by atoms with Gasteiger partial charge in [0.05, 0.1) is 7.11 Å². The summed E-state index contributed by atoms with van der Waals surface area (Å²) in [5.41, 5.74) is 10.9. The molecular formula is C16H28N2O. The maximum Gasteiger partial charge on any atom is 0.122 e. The summed E-state index contributed by atoms with van der Waals surface area (Å²) in [5.74, 6) is 0.983. The summed E-state index contributed by atoms with van der Waals surface area (Å²) in [6, 6.07) is 2.64. The molecule has 0 aliphatic carbocycles. The van der Waals surface area contributed by atoms with Crippen LogP contribution in [0.15, 0.2) is 6.07 Å². The van der Waals surface area contributed by atoms with E-state index >= 15 is 0 Å². The molecule has 0 aliphatic heterocycles. The van der Waals surface area contributed by atoms with Gasteiger partial charge in [0.1, 0.15) is 5.75 Å². The molecule has 0 fully saturated rings. The number of rotatable bonds is 6. The molecule has 2 N–H and O–H groups in total. The van der Waals surface area contributed by atoms with Crippen molar-refractivity contribution in [2.75, 3.05) is 20.7 Å². The van der Waals surface area contributed by atoms with Crippen LogP contribution in [0.25, 0.3) is 0 Å². The van der Waals surface area contributed by atoms with E-state index in [1.165, 1.54) is 22.3 Å². The number of benzene rings is 1. The highest BCUT2D eigenvalue weighted by Gasteiger charge is 2.15. The molecule has 1 rings (SSSR count). The average Bonchev–Trinajstić information content (AvgIpc) is 2.38. The number of hydrogen-bond acceptors (Lipinski definition) is 3. The molecule has 0 amide bonds. The molecule has 1 unspecified atom stereocenters. The van der Waals surface area contributed by atoms with E-state index < -0.39 is 0 Å². The van der Waals surface area contributed by atoms with Gasteiger partial charge in [-0.15, -0.1) is 0 Å². The van der Waals surface area contributed by atoms with Crippen molar-refractivity contribution in [3.8, 4) is 5.75 Å². The van der Waals surface area contributed by atoms with Crippen LogP contribution in [0.3, 0.4) is 0 Å². The monoisotopic (exact) mass is 264 g/mol. The molecule has 1 aromatic carbocycles. The lowest BCUT2D eigenvalue weighted by atomic mass is 9.96. The molecule has 0 saturated carbocycles. The average molecular weight is 264 g/mol. The molecule has 3 heteroatoms. The first kappa shape index (κ1) is 16.0. The molecule has 3 nitrogen and oxygen atoms in total. The molecule has 0 aliphatic rings. The van der Waals surface area contributed by atoms with Gasteiger partial charge in [-0.2, -0.15) is 0 Å². The number of nitrogens with two attached hydrogens (primary N) is 1. The van der Waals surface area contributed by atoms with Crippen molar-refractivity contribution in [2.24, 2.45) is 5.73 Å². The fraction of sp³-hybridized carbons (Fsp3) is 0.625. The van der Waals surface area contributed by atoms with E-state index in [4.69, 9.17) is 10.5 Å². The second kappa shape index (κ2) is 6.92. The van der Waals surface area contributed by atoms with E-state index in [1.807, 2.05) is 0 Å². The van der Waals surface area contributed by atoms with Crippen LogP contribution >= 0.6 is 0 Å². The first-order chi connectivity index (χ1) is 8.92. The molecule has 19 heavy (non-hydrogen) atoms. The van der Waals surface area contributed by atoms with E-state index in [0.717, 1.165) is 25.3 Å². The molecule has 0 heterocycles. The van der Waals surface area contributed by atoms with Crippen molar-refractivity contribution < 1.29 is 4.74 Å². The molecule has 108 valence electrons. The minimum Gasteiger partial charge on any atom is -0.496 e. The Morgan fingerprint density at radius 3 is 2.42 bits per heavy atom. The van der Waals surface area contributed by atoms with E-state index in [1.54, 1.807) is 7.11 Å². The Bertz CT molecular complexity index is 429. The zero-order valence-electron chi connectivity index (χ0n) is 13.2. The summed E-state index contributed by atoms with van der Waals surface area (Å²) in [4.78, 5) is 2.37. The smallest absolute Gasteiger partial charge is 0.122 e. The molecule has 0 radical (unpaired) electrons. The summed E-state index contributed by atoms with van der Waals surface area (Å²) in [6.45, 7) is 10.4. The Morgan fingerprint density at radius 1 is 1.26 bits per heavy atom. The zero-order valence-corrected chi connectivity index (χ0v) is 13.2. The Labute approximate surface area is 117 Å². The zero-order chi connectivity index (χ0) is 14.6. The third kappa shape index (κ3) is 3.71. The van der Waals surface area contributed by atoms with Gasteiger partial charge < -0.3 is 10.5 Å². The lowest BCUT2D eigenvalue weighted by molar-refractivity contribution is 0.239. The fourth-order valence-corrected chi connectivity index (χ4v) is 2.42. The number of nitrogens with zero attached hydrogens (tertiary/aromatic N) is 1. The molecule has 0 saturated heterocycles. The second-order valence-corrected chi connectivity index (χ2v) is 5.47. The molecule has 1 aromatic rings. The van der Waals surface area contributed by atoms with Crippen LogP contribution < -0.4 is 10.5 Å². The van der Waals surface area contributed by atoms with Crippen LogP contribution in [0.5, 0.6) is 5.75 Å². The van der Waals surface area contributed by atoms with Gasteiger partial charge in [0.25, 0.3) is 0 Å². The number of aryl methyl sites for hydroxylation is 1. The van der Waals surface area contributed by atoms with Gasteiger partial charge in [-0.3, -0.25) is 4.90 Å². The largest absolute Gasteiger partial charge is 0.496 e. The van der Waals surface area contributed by atoms with Gasteiger partial charge in [0, 0.05) is 12.6 Å². The molecular weight excluding hydrogens is 236 g/mol. The maximum absolute atomic E-state index is 5.64. The first-order valence-corrected chi connectivity index (χ1v) is 6.96. The van der Waals surface area contributed by atoms with Crippen LogP contribution in [0.4, 0.5) is 0 Å². The topological polar surface area (TPSA) is 38.5 Å². The van der Waals surface area contributed by atoms with Crippen LogP contribution in [0.1, 0.15) is 35.6 Å². The quantitative estimate of drug-likeness (QED) is 0.858. The Kier molecular flexibility index (Phi) is 5.83. The third-order valence-electron chi connectivity index (χ3n) is 4.17. The van der Waals surface area contributed by atoms with Crippen molar-refractivity contribution >= 4 is 0 Å². The predicted molar refractivity (Wildman–Crippen MR) is 81.8 cm³/mol. The minimum absolute atomic E-state index is 0.506. The number of methoxy groups -OCH3 is 1. The molecule has 1 atom stereocenters. The predicted octanol–water partition coefficient (Wildman–Crippen LogP) is 2.79. The summed E-state index contributed by atoms with van der Waals surface area (Å²) in [6.07, 6.45) is 1.03.